The second kappa shape index (κ2) is 7.06. The number of halogens is 1. The molecule has 110 valence electrons. The zero-order valence-electron chi connectivity index (χ0n) is 11.1. The molecule has 0 radical (unpaired) electrons. The van der Waals surface area contributed by atoms with Crippen molar-refractivity contribution in [2.45, 2.75) is 12.7 Å². The Morgan fingerprint density at radius 1 is 1.24 bits per heavy atom. The van der Waals surface area contributed by atoms with Gasteiger partial charge in [-0.1, -0.05) is 36.4 Å². The lowest BCUT2D eigenvalue weighted by atomic mass is 10.1. The van der Waals surface area contributed by atoms with Crippen molar-refractivity contribution in [2.24, 2.45) is 0 Å². The lowest BCUT2D eigenvalue weighted by Gasteiger charge is -2.10. The zero-order chi connectivity index (χ0) is 15.2. The number of nitro benzene ring substituents is 1. The van der Waals surface area contributed by atoms with Crippen LogP contribution in [0.2, 0.25) is 0 Å². The van der Waals surface area contributed by atoms with Gasteiger partial charge in [0.25, 0.3) is 0 Å². The molecule has 2 aromatic carbocycles. The molecule has 0 spiro atoms. The normalized spacial score (nSPS) is 11.9. The summed E-state index contributed by atoms with van der Waals surface area (Å²) in [5, 5.41) is 20.7. The van der Waals surface area contributed by atoms with Crippen molar-refractivity contribution in [3.63, 3.8) is 0 Å². The molecule has 0 fully saturated rings. The number of ether oxygens (including phenoxy) is 1. The van der Waals surface area contributed by atoms with E-state index in [1.165, 1.54) is 12.1 Å². The number of nitrogens with zero attached hydrogens (tertiary/aromatic N) is 1. The van der Waals surface area contributed by atoms with Crippen LogP contribution in [-0.4, -0.2) is 15.9 Å². The summed E-state index contributed by atoms with van der Waals surface area (Å²) < 4.78 is 5.50. The van der Waals surface area contributed by atoms with Crippen LogP contribution in [0.4, 0.5) is 5.69 Å². The minimum Gasteiger partial charge on any atom is -0.482 e. The van der Waals surface area contributed by atoms with Gasteiger partial charge >= 0.3 is 5.69 Å². The molecule has 0 saturated carbocycles. The number of hydrogen-bond donors (Lipinski definition) is 1. The predicted octanol–water partition coefficient (Wildman–Crippen LogP) is 3.45. The average Bonchev–Trinajstić information content (AvgIpc) is 2.52. The third-order valence-corrected chi connectivity index (χ3v) is 3.24. The fourth-order valence-electron chi connectivity index (χ4n) is 1.83. The van der Waals surface area contributed by atoms with Crippen LogP contribution in [-0.2, 0) is 6.61 Å². The number of nitro groups is 1. The highest BCUT2D eigenvalue weighted by Gasteiger charge is 2.18. The largest absolute Gasteiger partial charge is 0.482 e. The highest BCUT2D eigenvalue weighted by atomic mass is 35.5. The lowest BCUT2D eigenvalue weighted by Crippen LogP contribution is -2.03. The summed E-state index contributed by atoms with van der Waals surface area (Å²) in [7, 11) is 0. The van der Waals surface area contributed by atoms with E-state index in [-0.39, 0.29) is 23.9 Å². The standard InChI is InChI=1S/C15H14ClNO4/c16-9-14(18)12-6-7-15(13(8-12)17(19)20)21-10-11-4-2-1-3-5-11/h1-8,14,18H,9-10H2/t14-/m0/s1. The van der Waals surface area contributed by atoms with Gasteiger partial charge in [0, 0.05) is 6.07 Å². The topological polar surface area (TPSA) is 72.6 Å². The van der Waals surface area contributed by atoms with Gasteiger partial charge < -0.3 is 9.84 Å². The van der Waals surface area contributed by atoms with Crippen molar-refractivity contribution in [1.82, 2.24) is 0 Å². The van der Waals surface area contributed by atoms with Crippen LogP contribution in [0.25, 0.3) is 0 Å². The average molecular weight is 308 g/mol. The van der Waals surface area contributed by atoms with Crippen LogP contribution in [0.5, 0.6) is 5.75 Å². The molecule has 0 aliphatic rings. The Kier molecular flexibility index (Phi) is 5.14. The van der Waals surface area contributed by atoms with Gasteiger partial charge in [0.1, 0.15) is 6.61 Å². The van der Waals surface area contributed by atoms with E-state index in [0.29, 0.717) is 5.56 Å². The predicted molar refractivity (Wildman–Crippen MR) is 79.6 cm³/mol. The molecule has 5 nitrogen and oxygen atoms in total. The second-order valence-corrected chi connectivity index (χ2v) is 4.74. The van der Waals surface area contributed by atoms with Crippen molar-refractivity contribution in [3.05, 3.63) is 69.8 Å². The Morgan fingerprint density at radius 2 is 1.95 bits per heavy atom. The lowest BCUT2D eigenvalue weighted by molar-refractivity contribution is -0.386. The molecule has 0 amide bonds. The molecular formula is C15H14ClNO4. The molecule has 0 bridgehead atoms. The van der Waals surface area contributed by atoms with Crippen molar-refractivity contribution in [1.29, 1.82) is 0 Å². The van der Waals surface area contributed by atoms with Crippen molar-refractivity contribution >= 4 is 17.3 Å². The summed E-state index contributed by atoms with van der Waals surface area (Å²) in [6.45, 7) is 0.235. The maximum atomic E-state index is 11.1. The molecule has 2 rings (SSSR count). The number of benzene rings is 2. The van der Waals surface area contributed by atoms with Crippen LogP contribution in [0.3, 0.4) is 0 Å². The van der Waals surface area contributed by atoms with Crippen molar-refractivity contribution < 1.29 is 14.8 Å². The van der Waals surface area contributed by atoms with Gasteiger partial charge in [-0.3, -0.25) is 10.1 Å². The molecule has 0 aromatic heterocycles. The number of rotatable bonds is 6. The van der Waals surface area contributed by atoms with Crippen LogP contribution in [0.1, 0.15) is 17.2 Å². The molecule has 21 heavy (non-hydrogen) atoms. The molecule has 0 aliphatic heterocycles. The smallest absolute Gasteiger partial charge is 0.311 e. The van der Waals surface area contributed by atoms with E-state index >= 15 is 0 Å². The first-order valence-electron chi connectivity index (χ1n) is 6.31. The summed E-state index contributed by atoms with van der Waals surface area (Å²) in [4.78, 5) is 10.6. The number of aliphatic hydroxyl groups is 1. The van der Waals surface area contributed by atoms with Gasteiger partial charge in [-0.15, -0.1) is 11.6 Å². The van der Waals surface area contributed by atoms with E-state index < -0.39 is 11.0 Å². The van der Waals surface area contributed by atoms with Gasteiger partial charge in [0.05, 0.1) is 16.9 Å². The fourth-order valence-corrected chi connectivity index (χ4v) is 2.01. The molecule has 0 aliphatic carbocycles. The maximum absolute atomic E-state index is 11.1. The van der Waals surface area contributed by atoms with E-state index in [2.05, 4.69) is 0 Å². The molecule has 6 heteroatoms. The molecular weight excluding hydrogens is 294 g/mol. The number of alkyl halides is 1. The SMILES string of the molecule is O=[N+]([O-])c1cc([C@@H](O)CCl)ccc1OCc1ccccc1. The Balaban J connectivity index is 2.20. The van der Waals surface area contributed by atoms with Gasteiger partial charge in [0.15, 0.2) is 5.75 Å². The molecule has 0 heterocycles. The Bertz CT molecular complexity index is 618. The van der Waals surface area contributed by atoms with Gasteiger partial charge in [-0.2, -0.15) is 0 Å². The van der Waals surface area contributed by atoms with E-state index in [1.54, 1.807) is 6.07 Å². The fraction of sp³-hybridized carbons (Fsp3) is 0.200. The third kappa shape index (κ3) is 3.93. The molecule has 0 unspecified atom stereocenters. The molecule has 2 aromatic rings. The molecule has 1 atom stereocenters. The Labute approximate surface area is 126 Å². The first-order chi connectivity index (χ1) is 10.1. The Hall–Kier alpha value is -2.11. The highest BCUT2D eigenvalue weighted by Crippen LogP contribution is 2.31. The van der Waals surface area contributed by atoms with Crippen LogP contribution in [0, 0.1) is 10.1 Å². The summed E-state index contributed by atoms with van der Waals surface area (Å²) in [6, 6.07) is 13.7. The quantitative estimate of drug-likeness (QED) is 0.504. The van der Waals surface area contributed by atoms with E-state index in [9.17, 15) is 15.2 Å². The van der Waals surface area contributed by atoms with Crippen LogP contribution >= 0.6 is 11.6 Å². The van der Waals surface area contributed by atoms with Gasteiger partial charge in [0.2, 0.25) is 0 Å². The van der Waals surface area contributed by atoms with Crippen LogP contribution in [0.15, 0.2) is 48.5 Å². The zero-order valence-corrected chi connectivity index (χ0v) is 11.9. The van der Waals surface area contributed by atoms with Gasteiger partial charge in [-0.25, -0.2) is 0 Å². The molecule has 0 saturated heterocycles. The first-order valence-corrected chi connectivity index (χ1v) is 6.84. The maximum Gasteiger partial charge on any atom is 0.311 e. The van der Waals surface area contributed by atoms with E-state index in [1.807, 2.05) is 30.3 Å². The van der Waals surface area contributed by atoms with E-state index in [4.69, 9.17) is 16.3 Å². The second-order valence-electron chi connectivity index (χ2n) is 4.43. The number of aliphatic hydroxyl groups excluding tert-OH is 1. The van der Waals surface area contributed by atoms with Crippen molar-refractivity contribution in [3.8, 4) is 5.75 Å². The minimum atomic E-state index is -0.937. The summed E-state index contributed by atoms with van der Waals surface area (Å²) >= 11 is 5.55. The summed E-state index contributed by atoms with van der Waals surface area (Å²) in [5.41, 5.74) is 1.12. The first kappa shape index (κ1) is 15.3. The Morgan fingerprint density at radius 3 is 2.57 bits per heavy atom. The molecule has 1 N–H and O–H groups in total. The monoisotopic (exact) mass is 307 g/mol. The minimum absolute atomic E-state index is 0.0264. The van der Waals surface area contributed by atoms with E-state index in [0.717, 1.165) is 5.56 Å². The van der Waals surface area contributed by atoms with Gasteiger partial charge in [-0.05, 0) is 17.2 Å². The van der Waals surface area contributed by atoms with Crippen molar-refractivity contribution in [2.75, 3.05) is 5.88 Å². The third-order valence-electron chi connectivity index (χ3n) is 2.95. The van der Waals surface area contributed by atoms with Crippen LogP contribution < -0.4 is 4.74 Å². The highest BCUT2D eigenvalue weighted by molar-refractivity contribution is 6.18. The summed E-state index contributed by atoms with van der Waals surface area (Å²) in [6.07, 6.45) is -0.937. The number of hydrogen-bond acceptors (Lipinski definition) is 4. The summed E-state index contributed by atoms with van der Waals surface area (Å²) in [5.74, 6) is 0.135.